The second-order valence-electron chi connectivity index (χ2n) is 4.99. The van der Waals surface area contributed by atoms with Crippen LogP contribution in [0.15, 0.2) is 12.2 Å². The summed E-state index contributed by atoms with van der Waals surface area (Å²) < 4.78 is 5.41. The molecule has 0 aromatic carbocycles. The fourth-order valence-electron chi connectivity index (χ4n) is 2.02. The molecular weight excluding hydrogens is 244 g/mol. The Balaban J connectivity index is 2.48. The lowest BCUT2D eigenvalue weighted by atomic mass is 10.1. The van der Waals surface area contributed by atoms with Gasteiger partial charge in [0.2, 0.25) is 11.8 Å². The highest BCUT2D eigenvalue weighted by Gasteiger charge is 2.28. The van der Waals surface area contributed by atoms with Gasteiger partial charge in [0.05, 0.1) is 13.2 Å². The van der Waals surface area contributed by atoms with Gasteiger partial charge in [-0.3, -0.25) is 9.59 Å². The second kappa shape index (κ2) is 7.94. The number of ether oxygens (including phenoxy) is 1. The molecule has 1 aliphatic heterocycles. The van der Waals surface area contributed by atoms with Crippen molar-refractivity contribution in [2.24, 2.45) is 0 Å². The van der Waals surface area contributed by atoms with E-state index in [1.54, 1.807) is 4.90 Å². The molecule has 1 heterocycles. The molecule has 0 aromatic rings. The van der Waals surface area contributed by atoms with E-state index in [-0.39, 0.29) is 17.9 Å². The van der Waals surface area contributed by atoms with E-state index >= 15 is 0 Å². The van der Waals surface area contributed by atoms with Gasteiger partial charge < -0.3 is 15.0 Å². The molecule has 0 bridgehead atoms. The van der Waals surface area contributed by atoms with Crippen LogP contribution in [0.1, 0.15) is 33.1 Å². The molecule has 2 amide bonds. The van der Waals surface area contributed by atoms with Gasteiger partial charge in [0.1, 0.15) is 6.04 Å². The number of nitrogens with one attached hydrogen (secondary N) is 1. The number of hydrogen-bond acceptors (Lipinski definition) is 3. The summed E-state index contributed by atoms with van der Waals surface area (Å²) in [4.78, 5) is 25.5. The van der Waals surface area contributed by atoms with Crippen molar-refractivity contribution in [2.75, 3.05) is 26.3 Å². The van der Waals surface area contributed by atoms with Crippen molar-refractivity contribution in [1.82, 2.24) is 10.2 Å². The molecule has 108 valence electrons. The van der Waals surface area contributed by atoms with Gasteiger partial charge in [-0.25, -0.2) is 0 Å². The largest absolute Gasteiger partial charge is 0.375 e. The first-order valence-corrected chi connectivity index (χ1v) is 6.85. The quantitative estimate of drug-likeness (QED) is 0.555. The Morgan fingerprint density at radius 1 is 1.53 bits per heavy atom. The molecule has 1 N–H and O–H groups in total. The molecule has 1 fully saturated rings. The molecule has 1 aliphatic rings. The van der Waals surface area contributed by atoms with E-state index in [0.717, 1.165) is 12.0 Å². The molecule has 19 heavy (non-hydrogen) atoms. The van der Waals surface area contributed by atoms with Crippen LogP contribution in [0, 0.1) is 0 Å². The maximum absolute atomic E-state index is 12.2. The number of amides is 2. The number of carbonyl (C=O) groups is 2. The van der Waals surface area contributed by atoms with Crippen molar-refractivity contribution in [2.45, 2.75) is 39.2 Å². The van der Waals surface area contributed by atoms with Crippen molar-refractivity contribution in [3.05, 3.63) is 12.2 Å². The minimum Gasteiger partial charge on any atom is -0.375 e. The molecule has 5 nitrogen and oxygen atoms in total. The Morgan fingerprint density at radius 2 is 2.26 bits per heavy atom. The van der Waals surface area contributed by atoms with Gasteiger partial charge in [-0.2, -0.15) is 0 Å². The summed E-state index contributed by atoms with van der Waals surface area (Å²) in [5.41, 5.74) is 0.961. The summed E-state index contributed by atoms with van der Waals surface area (Å²) in [6, 6.07) is -0.374. The van der Waals surface area contributed by atoms with Gasteiger partial charge >= 0.3 is 0 Å². The van der Waals surface area contributed by atoms with Crippen LogP contribution in [0.3, 0.4) is 0 Å². The van der Waals surface area contributed by atoms with Crippen molar-refractivity contribution in [1.29, 1.82) is 0 Å². The highest BCUT2D eigenvalue weighted by Crippen LogP contribution is 2.08. The number of hydrogen-bond donors (Lipinski definition) is 1. The Morgan fingerprint density at radius 3 is 2.89 bits per heavy atom. The van der Waals surface area contributed by atoms with Gasteiger partial charge in [-0.1, -0.05) is 25.5 Å². The Hall–Kier alpha value is -1.36. The standard InChI is InChI=1S/C14H24N2O3/c1-4-5-12-14(18)16(7-6-13(17)15-12)8-9-19-10-11(2)3/h12H,2,4-10H2,1,3H3,(H,15,17). The smallest absolute Gasteiger partial charge is 0.245 e. The molecule has 0 aliphatic carbocycles. The zero-order valence-electron chi connectivity index (χ0n) is 11.9. The van der Waals surface area contributed by atoms with Gasteiger partial charge in [0.15, 0.2) is 0 Å². The third kappa shape index (κ3) is 5.42. The topological polar surface area (TPSA) is 58.6 Å². The zero-order chi connectivity index (χ0) is 14.3. The predicted octanol–water partition coefficient (Wildman–Crippen LogP) is 1.10. The molecule has 0 aromatic heterocycles. The van der Waals surface area contributed by atoms with E-state index in [9.17, 15) is 9.59 Å². The van der Waals surface area contributed by atoms with Crippen LogP contribution in [-0.4, -0.2) is 49.1 Å². The van der Waals surface area contributed by atoms with Gasteiger partial charge in [-0.15, -0.1) is 0 Å². The molecule has 0 saturated carbocycles. The normalized spacial score (nSPS) is 20.1. The van der Waals surface area contributed by atoms with E-state index in [1.807, 2.05) is 13.8 Å². The van der Waals surface area contributed by atoms with Crippen LogP contribution in [0.2, 0.25) is 0 Å². The monoisotopic (exact) mass is 268 g/mol. The summed E-state index contributed by atoms with van der Waals surface area (Å²) in [7, 11) is 0. The fourth-order valence-corrected chi connectivity index (χ4v) is 2.02. The average molecular weight is 268 g/mol. The molecule has 0 radical (unpaired) electrons. The highest BCUT2D eigenvalue weighted by atomic mass is 16.5. The van der Waals surface area contributed by atoms with Gasteiger partial charge in [0.25, 0.3) is 0 Å². The molecule has 1 saturated heterocycles. The summed E-state index contributed by atoms with van der Waals surface area (Å²) in [5, 5.41) is 2.78. The lowest BCUT2D eigenvalue weighted by Crippen LogP contribution is -2.45. The van der Waals surface area contributed by atoms with Crippen LogP contribution < -0.4 is 5.32 Å². The SMILES string of the molecule is C=C(C)COCCN1CCC(=O)NC(CCC)C1=O. The van der Waals surface area contributed by atoms with Crippen LogP contribution in [0.4, 0.5) is 0 Å². The average Bonchev–Trinajstić information content (AvgIpc) is 2.47. The Kier molecular flexibility index (Phi) is 6.56. The molecule has 1 unspecified atom stereocenters. The summed E-state index contributed by atoms with van der Waals surface area (Å²) >= 11 is 0. The first kappa shape index (κ1) is 15.7. The van der Waals surface area contributed by atoms with Crippen molar-refractivity contribution >= 4 is 11.8 Å². The lowest BCUT2D eigenvalue weighted by molar-refractivity contribution is -0.134. The minimum absolute atomic E-state index is 0.00613. The van der Waals surface area contributed by atoms with E-state index in [1.165, 1.54) is 0 Å². The van der Waals surface area contributed by atoms with Crippen LogP contribution >= 0.6 is 0 Å². The summed E-state index contributed by atoms with van der Waals surface area (Å²) in [6.07, 6.45) is 1.93. The van der Waals surface area contributed by atoms with E-state index in [2.05, 4.69) is 11.9 Å². The van der Waals surface area contributed by atoms with Crippen molar-refractivity contribution in [3.63, 3.8) is 0 Å². The van der Waals surface area contributed by atoms with Crippen LogP contribution in [0.5, 0.6) is 0 Å². The highest BCUT2D eigenvalue weighted by molar-refractivity contribution is 5.89. The number of rotatable bonds is 7. The molecular formula is C14H24N2O3. The van der Waals surface area contributed by atoms with Crippen molar-refractivity contribution in [3.8, 4) is 0 Å². The third-order valence-corrected chi connectivity index (χ3v) is 2.99. The Bertz CT molecular complexity index is 342. The number of nitrogens with zero attached hydrogens (tertiary/aromatic N) is 1. The Labute approximate surface area is 115 Å². The van der Waals surface area contributed by atoms with E-state index in [4.69, 9.17) is 4.74 Å². The lowest BCUT2D eigenvalue weighted by Gasteiger charge is -2.23. The molecule has 0 spiro atoms. The fraction of sp³-hybridized carbons (Fsp3) is 0.714. The van der Waals surface area contributed by atoms with Crippen LogP contribution in [-0.2, 0) is 14.3 Å². The molecule has 5 heteroatoms. The van der Waals surface area contributed by atoms with Gasteiger partial charge in [0, 0.05) is 19.5 Å². The van der Waals surface area contributed by atoms with E-state index < -0.39 is 0 Å². The predicted molar refractivity (Wildman–Crippen MR) is 73.7 cm³/mol. The first-order chi connectivity index (χ1) is 9.04. The van der Waals surface area contributed by atoms with Crippen LogP contribution in [0.25, 0.3) is 0 Å². The summed E-state index contributed by atoms with van der Waals surface area (Å²) in [5.74, 6) is -0.0382. The second-order valence-corrected chi connectivity index (χ2v) is 4.99. The maximum atomic E-state index is 12.2. The van der Waals surface area contributed by atoms with Crippen molar-refractivity contribution < 1.29 is 14.3 Å². The van der Waals surface area contributed by atoms with Gasteiger partial charge in [-0.05, 0) is 13.3 Å². The zero-order valence-corrected chi connectivity index (χ0v) is 11.9. The maximum Gasteiger partial charge on any atom is 0.245 e. The third-order valence-electron chi connectivity index (χ3n) is 2.99. The minimum atomic E-state index is -0.374. The first-order valence-electron chi connectivity index (χ1n) is 6.85. The molecule has 1 atom stereocenters. The number of carbonyl (C=O) groups excluding carboxylic acids is 2. The summed E-state index contributed by atoms with van der Waals surface area (Å²) in [6.45, 7) is 9.65. The van der Waals surface area contributed by atoms with E-state index in [0.29, 0.717) is 39.1 Å². The molecule has 1 rings (SSSR count).